The van der Waals surface area contributed by atoms with Gasteiger partial charge in [-0.25, -0.2) is 0 Å². The van der Waals surface area contributed by atoms with Gasteiger partial charge >= 0.3 is 0 Å². The zero-order valence-electron chi connectivity index (χ0n) is 5.99. The number of carbonyl (C=O) groups is 1. The number of hydrogen-bond donors (Lipinski definition) is 0. The highest BCUT2D eigenvalue weighted by Crippen LogP contribution is 2.17. The van der Waals surface area contributed by atoms with Crippen LogP contribution < -0.4 is 0 Å². The lowest BCUT2D eigenvalue weighted by Crippen LogP contribution is -2.09. The van der Waals surface area contributed by atoms with E-state index in [-0.39, 0.29) is 0 Å². The van der Waals surface area contributed by atoms with Crippen LogP contribution in [0.5, 0.6) is 0 Å². The molecule has 0 unspecified atom stereocenters. The molecule has 0 aliphatic carbocycles. The standard InChI is InChI=1S/C7H8N2OS/c10-4-6-3-7-1-2-11-5-9(7)8-6/h3-4H,1-2,5H2. The molecule has 1 aliphatic heterocycles. The summed E-state index contributed by atoms with van der Waals surface area (Å²) in [5, 5.41) is 4.10. The van der Waals surface area contributed by atoms with Crippen molar-refractivity contribution < 1.29 is 4.79 Å². The van der Waals surface area contributed by atoms with Crippen LogP contribution in [0.4, 0.5) is 0 Å². The van der Waals surface area contributed by atoms with Gasteiger partial charge in [0.2, 0.25) is 0 Å². The fourth-order valence-electron chi connectivity index (χ4n) is 1.18. The molecule has 0 bridgehead atoms. The first-order valence-electron chi connectivity index (χ1n) is 3.50. The number of nitrogens with zero attached hydrogens (tertiary/aromatic N) is 2. The Morgan fingerprint density at radius 2 is 2.64 bits per heavy atom. The largest absolute Gasteiger partial charge is 0.296 e. The predicted octanol–water partition coefficient (Wildman–Crippen LogP) is 0.942. The van der Waals surface area contributed by atoms with Crippen LogP contribution in [-0.2, 0) is 12.3 Å². The summed E-state index contributed by atoms with van der Waals surface area (Å²) in [5.41, 5.74) is 1.74. The van der Waals surface area contributed by atoms with E-state index in [0.29, 0.717) is 5.69 Å². The highest BCUT2D eigenvalue weighted by Gasteiger charge is 2.10. The van der Waals surface area contributed by atoms with Crippen molar-refractivity contribution in [1.29, 1.82) is 0 Å². The van der Waals surface area contributed by atoms with Gasteiger partial charge in [0.1, 0.15) is 5.69 Å². The third kappa shape index (κ3) is 1.18. The second kappa shape index (κ2) is 2.70. The van der Waals surface area contributed by atoms with Crippen molar-refractivity contribution in [3.63, 3.8) is 0 Å². The van der Waals surface area contributed by atoms with Crippen LogP contribution in [-0.4, -0.2) is 21.8 Å². The van der Waals surface area contributed by atoms with E-state index in [9.17, 15) is 4.79 Å². The van der Waals surface area contributed by atoms with E-state index >= 15 is 0 Å². The number of aldehydes is 1. The molecule has 0 radical (unpaired) electrons. The van der Waals surface area contributed by atoms with E-state index < -0.39 is 0 Å². The summed E-state index contributed by atoms with van der Waals surface area (Å²) < 4.78 is 1.90. The lowest BCUT2D eigenvalue weighted by Gasteiger charge is -2.11. The van der Waals surface area contributed by atoms with Gasteiger partial charge in [0.05, 0.1) is 5.88 Å². The molecule has 0 aromatic carbocycles. The lowest BCUT2D eigenvalue weighted by atomic mass is 10.3. The number of fused-ring (bicyclic) bond motifs is 1. The average Bonchev–Trinajstić information content (AvgIpc) is 2.46. The minimum absolute atomic E-state index is 0.558. The average molecular weight is 168 g/mol. The molecule has 0 saturated heterocycles. The summed E-state index contributed by atoms with van der Waals surface area (Å²) in [4.78, 5) is 10.3. The fraction of sp³-hybridized carbons (Fsp3) is 0.429. The molecule has 0 N–H and O–H groups in total. The Bertz CT molecular complexity index is 258. The second-order valence-corrected chi connectivity index (χ2v) is 3.54. The van der Waals surface area contributed by atoms with Crippen molar-refractivity contribution in [2.75, 3.05) is 5.75 Å². The fourth-order valence-corrected chi connectivity index (χ4v) is 2.06. The first-order valence-corrected chi connectivity index (χ1v) is 4.65. The Hall–Kier alpha value is -0.770. The molecule has 11 heavy (non-hydrogen) atoms. The summed E-state index contributed by atoms with van der Waals surface area (Å²) in [6.45, 7) is 0. The molecular formula is C7H8N2OS. The number of carbonyl (C=O) groups excluding carboxylic acids is 1. The van der Waals surface area contributed by atoms with Crippen LogP contribution >= 0.6 is 11.8 Å². The van der Waals surface area contributed by atoms with E-state index in [1.807, 2.05) is 22.5 Å². The Kier molecular flexibility index (Phi) is 1.69. The molecule has 3 nitrogen and oxygen atoms in total. The maximum Gasteiger partial charge on any atom is 0.170 e. The van der Waals surface area contributed by atoms with E-state index in [1.165, 1.54) is 5.69 Å². The van der Waals surface area contributed by atoms with Gasteiger partial charge < -0.3 is 0 Å². The number of rotatable bonds is 1. The quantitative estimate of drug-likeness (QED) is 0.585. The van der Waals surface area contributed by atoms with Gasteiger partial charge in [-0.15, -0.1) is 11.8 Å². The van der Waals surface area contributed by atoms with E-state index in [0.717, 1.165) is 24.3 Å². The smallest absolute Gasteiger partial charge is 0.170 e. The minimum atomic E-state index is 0.558. The molecule has 0 amide bonds. The summed E-state index contributed by atoms with van der Waals surface area (Å²) in [6.07, 6.45) is 1.83. The molecule has 0 saturated carbocycles. The summed E-state index contributed by atoms with van der Waals surface area (Å²) in [5.74, 6) is 2.03. The number of aromatic nitrogens is 2. The van der Waals surface area contributed by atoms with Crippen molar-refractivity contribution in [2.45, 2.75) is 12.3 Å². The van der Waals surface area contributed by atoms with Crippen molar-refractivity contribution >= 4 is 18.0 Å². The highest BCUT2D eigenvalue weighted by atomic mass is 32.2. The number of aryl methyl sites for hydroxylation is 1. The number of hydrogen-bond acceptors (Lipinski definition) is 3. The Labute approximate surface area is 68.8 Å². The van der Waals surface area contributed by atoms with E-state index in [1.54, 1.807) is 0 Å². The maximum atomic E-state index is 10.3. The third-order valence-electron chi connectivity index (χ3n) is 1.72. The molecule has 2 rings (SSSR count). The molecule has 1 aliphatic rings. The molecule has 58 valence electrons. The van der Waals surface area contributed by atoms with Crippen LogP contribution in [0.15, 0.2) is 6.07 Å². The van der Waals surface area contributed by atoms with Crippen LogP contribution in [0.25, 0.3) is 0 Å². The van der Waals surface area contributed by atoms with Gasteiger partial charge in [0, 0.05) is 11.4 Å². The molecule has 2 heterocycles. The van der Waals surface area contributed by atoms with Gasteiger partial charge in [-0.3, -0.25) is 9.48 Å². The molecule has 4 heteroatoms. The monoisotopic (exact) mass is 168 g/mol. The molecule has 0 atom stereocenters. The lowest BCUT2D eigenvalue weighted by molar-refractivity contribution is 0.111. The van der Waals surface area contributed by atoms with Crippen LogP contribution in [0.2, 0.25) is 0 Å². The SMILES string of the molecule is O=Cc1cc2n(n1)CSCC2. The van der Waals surface area contributed by atoms with Gasteiger partial charge in [-0.05, 0) is 12.5 Å². The van der Waals surface area contributed by atoms with Crippen LogP contribution in [0, 0.1) is 0 Å². The zero-order chi connectivity index (χ0) is 7.68. The normalized spacial score (nSPS) is 16.0. The number of thioether (sulfide) groups is 1. The zero-order valence-corrected chi connectivity index (χ0v) is 6.80. The van der Waals surface area contributed by atoms with Crippen LogP contribution in [0.3, 0.4) is 0 Å². The maximum absolute atomic E-state index is 10.3. The summed E-state index contributed by atoms with van der Waals surface area (Å²) >= 11 is 1.85. The Morgan fingerprint density at radius 1 is 1.73 bits per heavy atom. The van der Waals surface area contributed by atoms with Crippen LogP contribution in [0.1, 0.15) is 16.2 Å². The first-order chi connectivity index (χ1) is 5.40. The van der Waals surface area contributed by atoms with E-state index in [2.05, 4.69) is 5.10 Å². The second-order valence-electron chi connectivity index (χ2n) is 2.47. The Morgan fingerprint density at radius 3 is 3.36 bits per heavy atom. The van der Waals surface area contributed by atoms with Gasteiger partial charge in [0.15, 0.2) is 6.29 Å². The first kappa shape index (κ1) is 6.91. The molecule has 1 aromatic heterocycles. The van der Waals surface area contributed by atoms with Gasteiger partial charge in [-0.1, -0.05) is 0 Å². The third-order valence-corrected chi connectivity index (χ3v) is 2.64. The predicted molar refractivity (Wildman–Crippen MR) is 43.8 cm³/mol. The van der Waals surface area contributed by atoms with Crippen molar-refractivity contribution in [3.8, 4) is 0 Å². The minimum Gasteiger partial charge on any atom is -0.296 e. The van der Waals surface area contributed by atoms with Gasteiger partial charge in [-0.2, -0.15) is 5.10 Å². The summed E-state index contributed by atoms with van der Waals surface area (Å²) in [7, 11) is 0. The van der Waals surface area contributed by atoms with Crippen molar-refractivity contribution in [3.05, 3.63) is 17.5 Å². The highest BCUT2D eigenvalue weighted by molar-refractivity contribution is 7.98. The van der Waals surface area contributed by atoms with Crippen molar-refractivity contribution in [2.24, 2.45) is 0 Å². The molecule has 0 spiro atoms. The Balaban J connectivity index is 2.39. The topological polar surface area (TPSA) is 34.9 Å². The summed E-state index contributed by atoms with van der Waals surface area (Å²) in [6, 6.07) is 1.87. The van der Waals surface area contributed by atoms with Gasteiger partial charge in [0.25, 0.3) is 0 Å². The molecule has 0 fully saturated rings. The van der Waals surface area contributed by atoms with Crippen molar-refractivity contribution in [1.82, 2.24) is 9.78 Å². The molecular weight excluding hydrogens is 160 g/mol. The molecule has 1 aromatic rings. The van der Waals surface area contributed by atoms with E-state index in [4.69, 9.17) is 0 Å².